The summed E-state index contributed by atoms with van der Waals surface area (Å²) in [6.45, 7) is 3.13. The molecule has 1 unspecified atom stereocenters. The van der Waals surface area contributed by atoms with Gasteiger partial charge >= 0.3 is 0 Å². The maximum Gasteiger partial charge on any atom is 0.161 e. The summed E-state index contributed by atoms with van der Waals surface area (Å²) in [5.74, 6) is 1.51. The summed E-state index contributed by atoms with van der Waals surface area (Å²) < 4.78 is 10.9. The van der Waals surface area contributed by atoms with Gasteiger partial charge in [-0.1, -0.05) is 6.07 Å². The van der Waals surface area contributed by atoms with Crippen LogP contribution in [0.25, 0.3) is 0 Å². The highest BCUT2D eigenvalue weighted by Crippen LogP contribution is 2.31. The van der Waals surface area contributed by atoms with Gasteiger partial charge in [0.15, 0.2) is 11.5 Å². The van der Waals surface area contributed by atoms with E-state index in [9.17, 15) is 5.11 Å². The normalized spacial score (nSPS) is 17.9. The monoisotopic (exact) mass is 223 g/mol. The van der Waals surface area contributed by atoms with Crippen LogP contribution in [-0.2, 0) is 6.42 Å². The number of ether oxygens (including phenoxy) is 2. The molecule has 88 valence electrons. The highest BCUT2D eigenvalue weighted by Gasteiger charge is 2.20. The Morgan fingerprint density at radius 1 is 1.31 bits per heavy atom. The standard InChI is InChI=1S/C12H17NO3/c1-12(14,8-13)7-9-2-3-10-11(6-9)16-5-4-15-10/h2-3,6,14H,4-5,7-8,13H2,1H3. The number of benzene rings is 1. The third kappa shape index (κ3) is 2.46. The fraction of sp³-hybridized carbons (Fsp3) is 0.500. The Bertz CT molecular complexity index is 377. The molecule has 3 N–H and O–H groups in total. The second-order valence-electron chi connectivity index (χ2n) is 4.36. The zero-order chi connectivity index (χ0) is 11.6. The van der Waals surface area contributed by atoms with Gasteiger partial charge in [0, 0.05) is 13.0 Å². The van der Waals surface area contributed by atoms with Crippen LogP contribution in [0.15, 0.2) is 18.2 Å². The first-order valence-corrected chi connectivity index (χ1v) is 5.42. The number of hydrogen-bond donors (Lipinski definition) is 2. The maximum absolute atomic E-state index is 9.88. The van der Waals surface area contributed by atoms with Crippen LogP contribution < -0.4 is 15.2 Å². The van der Waals surface area contributed by atoms with Crippen molar-refractivity contribution in [1.82, 2.24) is 0 Å². The van der Waals surface area contributed by atoms with E-state index in [1.165, 1.54) is 0 Å². The first-order chi connectivity index (χ1) is 7.61. The molecule has 16 heavy (non-hydrogen) atoms. The third-order valence-electron chi connectivity index (χ3n) is 2.63. The topological polar surface area (TPSA) is 64.7 Å². The summed E-state index contributed by atoms with van der Waals surface area (Å²) in [5.41, 5.74) is 5.61. The molecule has 2 rings (SSSR count). The summed E-state index contributed by atoms with van der Waals surface area (Å²) in [6, 6.07) is 5.70. The van der Waals surface area contributed by atoms with E-state index in [0.29, 0.717) is 19.6 Å². The van der Waals surface area contributed by atoms with E-state index in [4.69, 9.17) is 15.2 Å². The molecule has 1 aromatic rings. The molecule has 1 aliphatic rings. The fourth-order valence-corrected chi connectivity index (χ4v) is 1.71. The Balaban J connectivity index is 2.17. The molecular formula is C12H17NO3. The van der Waals surface area contributed by atoms with Gasteiger partial charge in [0.2, 0.25) is 0 Å². The van der Waals surface area contributed by atoms with E-state index in [1.807, 2.05) is 18.2 Å². The van der Waals surface area contributed by atoms with Crippen LogP contribution >= 0.6 is 0 Å². The second-order valence-corrected chi connectivity index (χ2v) is 4.36. The van der Waals surface area contributed by atoms with E-state index in [1.54, 1.807) is 6.92 Å². The van der Waals surface area contributed by atoms with Crippen LogP contribution in [0.2, 0.25) is 0 Å². The Hall–Kier alpha value is -1.26. The van der Waals surface area contributed by atoms with Crippen molar-refractivity contribution in [3.05, 3.63) is 23.8 Å². The molecule has 1 aromatic carbocycles. The second kappa shape index (κ2) is 4.31. The minimum atomic E-state index is -0.871. The molecule has 1 atom stereocenters. The minimum Gasteiger partial charge on any atom is -0.486 e. The van der Waals surface area contributed by atoms with E-state index in [0.717, 1.165) is 17.1 Å². The van der Waals surface area contributed by atoms with Gasteiger partial charge in [-0.05, 0) is 24.6 Å². The van der Waals surface area contributed by atoms with Crippen molar-refractivity contribution in [2.75, 3.05) is 19.8 Å². The average Bonchev–Trinajstić information content (AvgIpc) is 2.28. The lowest BCUT2D eigenvalue weighted by Crippen LogP contribution is -2.36. The number of fused-ring (bicyclic) bond motifs is 1. The van der Waals surface area contributed by atoms with Crippen molar-refractivity contribution in [3.8, 4) is 11.5 Å². The molecule has 0 spiro atoms. The van der Waals surface area contributed by atoms with Crippen LogP contribution in [0.4, 0.5) is 0 Å². The smallest absolute Gasteiger partial charge is 0.161 e. The fourth-order valence-electron chi connectivity index (χ4n) is 1.71. The van der Waals surface area contributed by atoms with E-state index in [-0.39, 0.29) is 6.54 Å². The Labute approximate surface area is 95.0 Å². The van der Waals surface area contributed by atoms with Gasteiger partial charge in [-0.15, -0.1) is 0 Å². The number of hydrogen-bond acceptors (Lipinski definition) is 4. The minimum absolute atomic E-state index is 0.238. The quantitative estimate of drug-likeness (QED) is 0.792. The SMILES string of the molecule is CC(O)(CN)Cc1ccc2c(c1)OCCO2. The van der Waals surface area contributed by atoms with Crippen molar-refractivity contribution < 1.29 is 14.6 Å². The summed E-state index contributed by atoms with van der Waals surface area (Å²) in [6.07, 6.45) is 0.514. The lowest BCUT2D eigenvalue weighted by atomic mass is 9.96. The zero-order valence-electron chi connectivity index (χ0n) is 9.40. The lowest BCUT2D eigenvalue weighted by molar-refractivity contribution is 0.0695. The van der Waals surface area contributed by atoms with Crippen molar-refractivity contribution >= 4 is 0 Å². The molecule has 0 bridgehead atoms. The van der Waals surface area contributed by atoms with Gasteiger partial charge < -0.3 is 20.3 Å². The van der Waals surface area contributed by atoms with Gasteiger partial charge in [0.05, 0.1) is 5.60 Å². The third-order valence-corrected chi connectivity index (χ3v) is 2.63. The molecule has 0 radical (unpaired) electrons. The molecule has 1 heterocycles. The van der Waals surface area contributed by atoms with E-state index in [2.05, 4.69) is 0 Å². The van der Waals surface area contributed by atoms with Crippen LogP contribution in [-0.4, -0.2) is 30.5 Å². The summed E-state index contributed by atoms with van der Waals surface area (Å²) in [4.78, 5) is 0. The molecular weight excluding hydrogens is 206 g/mol. The zero-order valence-corrected chi connectivity index (χ0v) is 9.40. The number of aliphatic hydroxyl groups is 1. The Morgan fingerprint density at radius 2 is 2.00 bits per heavy atom. The van der Waals surface area contributed by atoms with Gasteiger partial charge in [-0.3, -0.25) is 0 Å². The molecule has 4 heteroatoms. The lowest BCUT2D eigenvalue weighted by Gasteiger charge is -2.23. The first-order valence-electron chi connectivity index (χ1n) is 5.42. The molecule has 0 saturated heterocycles. The predicted molar refractivity (Wildman–Crippen MR) is 60.8 cm³/mol. The first kappa shape index (κ1) is 11.2. The highest BCUT2D eigenvalue weighted by atomic mass is 16.6. The van der Waals surface area contributed by atoms with Crippen molar-refractivity contribution in [3.63, 3.8) is 0 Å². The molecule has 4 nitrogen and oxygen atoms in total. The van der Waals surface area contributed by atoms with Crippen LogP contribution in [0.3, 0.4) is 0 Å². The van der Waals surface area contributed by atoms with E-state index < -0.39 is 5.60 Å². The maximum atomic E-state index is 9.88. The summed E-state index contributed by atoms with van der Waals surface area (Å²) in [5, 5.41) is 9.88. The van der Waals surface area contributed by atoms with Crippen molar-refractivity contribution in [2.45, 2.75) is 18.9 Å². The largest absolute Gasteiger partial charge is 0.486 e. The van der Waals surface area contributed by atoms with Crippen molar-refractivity contribution in [2.24, 2.45) is 5.73 Å². The van der Waals surface area contributed by atoms with Crippen LogP contribution in [0.1, 0.15) is 12.5 Å². The van der Waals surface area contributed by atoms with Gasteiger partial charge in [-0.25, -0.2) is 0 Å². The summed E-state index contributed by atoms with van der Waals surface area (Å²) in [7, 11) is 0. The number of rotatable bonds is 3. The average molecular weight is 223 g/mol. The number of nitrogens with two attached hydrogens (primary N) is 1. The molecule has 0 aliphatic carbocycles. The van der Waals surface area contributed by atoms with Crippen molar-refractivity contribution in [1.29, 1.82) is 0 Å². The Kier molecular flexibility index (Phi) is 3.03. The molecule has 0 fully saturated rings. The highest BCUT2D eigenvalue weighted by molar-refractivity contribution is 5.44. The molecule has 0 amide bonds. The molecule has 1 aliphatic heterocycles. The summed E-state index contributed by atoms with van der Waals surface area (Å²) >= 11 is 0. The van der Waals surface area contributed by atoms with Crippen LogP contribution in [0.5, 0.6) is 11.5 Å². The molecule has 0 saturated carbocycles. The predicted octanol–water partition coefficient (Wildman–Crippen LogP) is 0.710. The van der Waals surface area contributed by atoms with Gasteiger partial charge in [0.1, 0.15) is 13.2 Å². The van der Waals surface area contributed by atoms with Crippen LogP contribution in [0, 0.1) is 0 Å². The van der Waals surface area contributed by atoms with E-state index >= 15 is 0 Å². The Morgan fingerprint density at radius 3 is 2.69 bits per heavy atom. The molecule has 0 aromatic heterocycles. The van der Waals surface area contributed by atoms with Gasteiger partial charge in [0.25, 0.3) is 0 Å². The van der Waals surface area contributed by atoms with Gasteiger partial charge in [-0.2, -0.15) is 0 Å².